The van der Waals surface area contributed by atoms with E-state index in [1.54, 1.807) is 6.92 Å². The standard InChI is InChI=1S/C22H29NO3/c1-13-4-5-19(14(2)6-13)23-20(24)15(3)26-21(25)22-10-16-7-17(11-22)9-18(8-16)12-22/h4-6,15-18H,7-12H2,1-3H3,(H,23,24). The minimum atomic E-state index is -0.767. The Balaban J connectivity index is 1.40. The maximum Gasteiger partial charge on any atom is 0.312 e. The van der Waals surface area contributed by atoms with Crippen LogP contribution in [0.5, 0.6) is 0 Å². The van der Waals surface area contributed by atoms with Gasteiger partial charge < -0.3 is 10.1 Å². The number of carbonyl (C=O) groups excluding carboxylic acids is 2. The first kappa shape index (κ1) is 17.6. The van der Waals surface area contributed by atoms with Crippen molar-refractivity contribution in [1.29, 1.82) is 0 Å². The minimum absolute atomic E-state index is 0.139. The van der Waals surface area contributed by atoms with Crippen LogP contribution in [0.1, 0.15) is 56.6 Å². The number of carbonyl (C=O) groups is 2. The van der Waals surface area contributed by atoms with Gasteiger partial charge in [-0.05, 0) is 88.7 Å². The average molecular weight is 355 g/mol. The first-order chi connectivity index (χ1) is 12.3. The van der Waals surface area contributed by atoms with Crippen molar-refractivity contribution in [3.63, 3.8) is 0 Å². The summed E-state index contributed by atoms with van der Waals surface area (Å²) in [4.78, 5) is 25.5. The number of esters is 1. The summed E-state index contributed by atoms with van der Waals surface area (Å²) in [7, 11) is 0. The van der Waals surface area contributed by atoms with Crippen molar-refractivity contribution in [2.45, 2.75) is 65.4 Å². The highest BCUT2D eigenvalue weighted by molar-refractivity contribution is 5.96. The second-order valence-electron chi connectivity index (χ2n) is 9.05. The molecule has 1 aromatic carbocycles. The Labute approximate surface area is 155 Å². The van der Waals surface area contributed by atoms with E-state index in [1.165, 1.54) is 19.3 Å². The average Bonchev–Trinajstić information content (AvgIpc) is 2.56. The van der Waals surface area contributed by atoms with Gasteiger partial charge in [0.05, 0.1) is 5.41 Å². The third-order valence-electron chi connectivity index (χ3n) is 6.76. The Bertz CT molecular complexity index is 704. The van der Waals surface area contributed by atoms with Crippen LogP contribution in [-0.2, 0) is 14.3 Å². The number of nitrogens with one attached hydrogen (secondary N) is 1. The number of anilines is 1. The van der Waals surface area contributed by atoms with Crippen molar-refractivity contribution in [2.24, 2.45) is 23.2 Å². The molecule has 4 aliphatic carbocycles. The molecule has 26 heavy (non-hydrogen) atoms. The van der Waals surface area contributed by atoms with Gasteiger partial charge in [0.2, 0.25) is 0 Å². The number of hydrogen-bond acceptors (Lipinski definition) is 3. The molecule has 1 aromatic rings. The monoisotopic (exact) mass is 355 g/mol. The van der Waals surface area contributed by atoms with Gasteiger partial charge in [0, 0.05) is 5.69 Å². The quantitative estimate of drug-likeness (QED) is 0.815. The van der Waals surface area contributed by atoms with Gasteiger partial charge in [0.25, 0.3) is 5.91 Å². The Morgan fingerprint density at radius 1 is 1.08 bits per heavy atom. The van der Waals surface area contributed by atoms with Crippen LogP contribution in [0.4, 0.5) is 5.69 Å². The summed E-state index contributed by atoms with van der Waals surface area (Å²) in [5, 5.41) is 2.90. The summed E-state index contributed by atoms with van der Waals surface area (Å²) in [5.74, 6) is 1.67. The maximum atomic E-state index is 13.0. The first-order valence-corrected chi connectivity index (χ1v) is 9.94. The number of rotatable bonds is 4. The molecule has 1 amide bonds. The summed E-state index contributed by atoms with van der Waals surface area (Å²) in [6, 6.07) is 5.90. The first-order valence-electron chi connectivity index (χ1n) is 9.94. The lowest BCUT2D eigenvalue weighted by Gasteiger charge is -2.55. The maximum absolute atomic E-state index is 13.0. The molecule has 1 atom stereocenters. The summed E-state index contributed by atoms with van der Waals surface area (Å²) < 4.78 is 5.68. The van der Waals surface area contributed by atoms with Crippen LogP contribution in [0.2, 0.25) is 0 Å². The third kappa shape index (κ3) is 3.15. The molecule has 4 heteroatoms. The third-order valence-corrected chi connectivity index (χ3v) is 6.76. The van der Waals surface area contributed by atoms with Crippen molar-refractivity contribution in [1.82, 2.24) is 0 Å². The molecule has 1 unspecified atom stereocenters. The largest absolute Gasteiger partial charge is 0.452 e. The zero-order chi connectivity index (χ0) is 18.5. The van der Waals surface area contributed by atoms with Gasteiger partial charge in [-0.2, -0.15) is 0 Å². The highest BCUT2D eigenvalue weighted by atomic mass is 16.5. The molecule has 0 aliphatic heterocycles. The SMILES string of the molecule is Cc1ccc(NC(=O)C(C)OC(=O)C23CC4CC(CC(C4)C2)C3)c(C)c1. The lowest BCUT2D eigenvalue weighted by Crippen LogP contribution is -2.51. The molecular weight excluding hydrogens is 326 g/mol. The highest BCUT2D eigenvalue weighted by Gasteiger charge is 2.55. The Kier molecular flexibility index (Phi) is 4.32. The fraction of sp³-hybridized carbons (Fsp3) is 0.636. The van der Waals surface area contributed by atoms with Gasteiger partial charge in [-0.25, -0.2) is 0 Å². The molecule has 5 rings (SSSR count). The number of hydrogen-bond donors (Lipinski definition) is 1. The summed E-state index contributed by atoms with van der Waals surface area (Å²) in [5.41, 5.74) is 2.63. The van der Waals surface area contributed by atoms with Crippen molar-refractivity contribution < 1.29 is 14.3 Å². The van der Waals surface area contributed by atoms with E-state index in [-0.39, 0.29) is 17.3 Å². The van der Waals surface area contributed by atoms with Crippen molar-refractivity contribution >= 4 is 17.6 Å². The van der Waals surface area contributed by atoms with E-state index in [1.807, 2.05) is 32.0 Å². The molecule has 0 saturated heterocycles. The summed E-state index contributed by atoms with van der Waals surface area (Å²) >= 11 is 0. The van der Waals surface area contributed by atoms with Crippen molar-refractivity contribution in [3.05, 3.63) is 29.3 Å². The van der Waals surface area contributed by atoms with Crippen LogP contribution >= 0.6 is 0 Å². The molecule has 0 spiro atoms. The number of ether oxygens (including phenoxy) is 1. The van der Waals surface area contributed by atoms with Crippen LogP contribution in [0, 0.1) is 37.0 Å². The van der Waals surface area contributed by atoms with E-state index in [0.717, 1.165) is 36.1 Å². The van der Waals surface area contributed by atoms with E-state index in [4.69, 9.17) is 4.74 Å². The van der Waals surface area contributed by atoms with E-state index in [9.17, 15) is 9.59 Å². The van der Waals surface area contributed by atoms with Crippen LogP contribution in [0.15, 0.2) is 18.2 Å². The summed E-state index contributed by atoms with van der Waals surface area (Å²) in [6.07, 6.45) is 5.98. The minimum Gasteiger partial charge on any atom is -0.452 e. The molecular formula is C22H29NO3. The molecule has 0 radical (unpaired) electrons. The zero-order valence-electron chi connectivity index (χ0n) is 16.0. The second-order valence-corrected chi connectivity index (χ2v) is 9.05. The van der Waals surface area contributed by atoms with Gasteiger partial charge in [-0.3, -0.25) is 9.59 Å². The molecule has 4 aliphatic rings. The molecule has 0 heterocycles. The molecule has 1 N–H and O–H groups in total. The van der Waals surface area contributed by atoms with Crippen LogP contribution in [0.3, 0.4) is 0 Å². The molecule has 4 nitrogen and oxygen atoms in total. The van der Waals surface area contributed by atoms with Crippen molar-refractivity contribution in [2.75, 3.05) is 5.32 Å². The Morgan fingerprint density at radius 2 is 1.65 bits per heavy atom. The second kappa shape index (κ2) is 6.40. The van der Waals surface area contributed by atoms with Crippen LogP contribution in [-0.4, -0.2) is 18.0 Å². The van der Waals surface area contributed by atoms with Gasteiger partial charge in [-0.15, -0.1) is 0 Å². The number of benzene rings is 1. The van der Waals surface area contributed by atoms with Crippen LogP contribution < -0.4 is 5.32 Å². The molecule has 4 fully saturated rings. The van der Waals surface area contributed by atoms with Gasteiger partial charge >= 0.3 is 5.97 Å². The van der Waals surface area contributed by atoms with Crippen molar-refractivity contribution in [3.8, 4) is 0 Å². The van der Waals surface area contributed by atoms with E-state index < -0.39 is 6.10 Å². The van der Waals surface area contributed by atoms with Gasteiger partial charge in [-0.1, -0.05) is 17.7 Å². The van der Waals surface area contributed by atoms with Crippen LogP contribution in [0.25, 0.3) is 0 Å². The fourth-order valence-electron chi connectivity index (χ4n) is 5.89. The Morgan fingerprint density at radius 3 is 2.19 bits per heavy atom. The topological polar surface area (TPSA) is 55.4 Å². The predicted octanol–water partition coefficient (Wildman–Crippen LogP) is 4.39. The lowest BCUT2D eigenvalue weighted by molar-refractivity contribution is -0.177. The molecule has 4 saturated carbocycles. The number of amides is 1. The fourth-order valence-corrected chi connectivity index (χ4v) is 5.89. The van der Waals surface area contributed by atoms with E-state index in [0.29, 0.717) is 17.8 Å². The van der Waals surface area contributed by atoms with Gasteiger partial charge in [0.1, 0.15) is 0 Å². The normalized spacial score (nSPS) is 33.0. The number of aryl methyl sites for hydroxylation is 2. The smallest absolute Gasteiger partial charge is 0.312 e. The highest BCUT2D eigenvalue weighted by Crippen LogP contribution is 2.60. The molecule has 0 aromatic heterocycles. The van der Waals surface area contributed by atoms with E-state index >= 15 is 0 Å². The van der Waals surface area contributed by atoms with E-state index in [2.05, 4.69) is 5.32 Å². The van der Waals surface area contributed by atoms with Gasteiger partial charge in [0.15, 0.2) is 6.10 Å². The zero-order valence-corrected chi connectivity index (χ0v) is 16.0. The Hall–Kier alpha value is -1.84. The summed E-state index contributed by atoms with van der Waals surface area (Å²) in [6.45, 7) is 5.67. The predicted molar refractivity (Wildman–Crippen MR) is 101 cm³/mol. The lowest BCUT2D eigenvalue weighted by atomic mass is 9.49. The molecule has 140 valence electrons. The molecule has 4 bridgehead atoms.